The van der Waals surface area contributed by atoms with Crippen molar-refractivity contribution in [1.82, 2.24) is 9.88 Å². The first-order chi connectivity index (χ1) is 18.7. The first kappa shape index (κ1) is 27.1. The zero-order chi connectivity index (χ0) is 27.6. The molecule has 2 saturated carbocycles. The number of anilines is 1. The summed E-state index contributed by atoms with van der Waals surface area (Å²) in [5, 5.41) is 3.05. The molecule has 0 bridgehead atoms. The minimum absolute atomic E-state index is 0.00495. The number of amides is 2. The van der Waals surface area contributed by atoms with E-state index in [0.29, 0.717) is 30.1 Å². The number of benzene rings is 2. The van der Waals surface area contributed by atoms with Crippen LogP contribution in [0.5, 0.6) is 0 Å². The summed E-state index contributed by atoms with van der Waals surface area (Å²) in [5.74, 6) is 1.46. The van der Waals surface area contributed by atoms with Gasteiger partial charge in [-0.3, -0.25) is 9.59 Å². The minimum Gasteiger partial charge on any atom is -0.343 e. The molecule has 2 amide bonds. The molecule has 5 rings (SSSR count). The van der Waals surface area contributed by atoms with Gasteiger partial charge >= 0.3 is 0 Å². The number of aromatic nitrogens is 1. The van der Waals surface area contributed by atoms with E-state index in [1.807, 2.05) is 56.3 Å². The van der Waals surface area contributed by atoms with Crippen LogP contribution in [-0.4, -0.2) is 34.8 Å². The maximum absolute atomic E-state index is 13.0. The zero-order valence-corrected chi connectivity index (χ0v) is 23.3. The van der Waals surface area contributed by atoms with Crippen molar-refractivity contribution in [2.75, 3.05) is 12.4 Å². The van der Waals surface area contributed by atoms with Crippen molar-refractivity contribution in [3.05, 3.63) is 72.4 Å². The van der Waals surface area contributed by atoms with Crippen LogP contribution in [-0.2, 0) is 15.1 Å². The van der Waals surface area contributed by atoms with Crippen molar-refractivity contribution >= 4 is 17.6 Å². The number of carbonyl (C=O) groups is 2. The summed E-state index contributed by atoms with van der Waals surface area (Å²) in [5.41, 5.74) is 11.1. The van der Waals surface area contributed by atoms with Crippen molar-refractivity contribution in [3.8, 4) is 22.3 Å². The Hall–Kier alpha value is -3.51. The van der Waals surface area contributed by atoms with E-state index in [1.165, 1.54) is 0 Å². The zero-order valence-electron chi connectivity index (χ0n) is 23.3. The van der Waals surface area contributed by atoms with E-state index in [1.54, 1.807) is 0 Å². The second kappa shape index (κ2) is 11.3. The third-order valence-electron chi connectivity index (χ3n) is 8.31. The fraction of sp³-hybridized carbons (Fsp3) is 0.424. The number of hydrogen-bond acceptors (Lipinski definition) is 4. The molecule has 6 heteroatoms. The third-order valence-corrected chi connectivity index (χ3v) is 8.31. The summed E-state index contributed by atoms with van der Waals surface area (Å²) in [6.45, 7) is 3.99. The normalized spacial score (nSPS) is 19.4. The minimum atomic E-state index is -0.406. The highest BCUT2D eigenvalue weighted by Crippen LogP contribution is 2.36. The molecule has 1 aromatic heterocycles. The molecule has 0 atom stereocenters. The van der Waals surface area contributed by atoms with Crippen LogP contribution in [0.4, 0.5) is 5.82 Å². The fourth-order valence-electron chi connectivity index (χ4n) is 5.68. The van der Waals surface area contributed by atoms with E-state index >= 15 is 0 Å². The molecule has 1 heterocycles. The van der Waals surface area contributed by atoms with E-state index in [-0.39, 0.29) is 11.8 Å². The molecule has 2 fully saturated rings. The van der Waals surface area contributed by atoms with Crippen molar-refractivity contribution in [1.29, 1.82) is 0 Å². The molecule has 39 heavy (non-hydrogen) atoms. The van der Waals surface area contributed by atoms with Gasteiger partial charge in [0.05, 0.1) is 0 Å². The fourth-order valence-corrected chi connectivity index (χ4v) is 5.68. The van der Waals surface area contributed by atoms with Crippen LogP contribution in [0.25, 0.3) is 22.3 Å². The molecule has 0 radical (unpaired) electrons. The van der Waals surface area contributed by atoms with Gasteiger partial charge in [-0.2, -0.15) is 0 Å². The standard InChI is InChI=1S/C33H40N4O2/c1-33(2,34)26-15-13-24(14-16-26)29-21-35-30(20-28(29)23-7-5-4-6-8-23)36-31(38)19-22-9-17-27(18-10-22)37(3)32(39)25-11-12-25/h4-8,13-16,20-22,25,27H,9-12,17-19,34H2,1-3H3,(H,35,36,38). The van der Waals surface area contributed by atoms with E-state index in [4.69, 9.17) is 5.73 Å². The van der Waals surface area contributed by atoms with Crippen LogP contribution in [0, 0.1) is 11.8 Å². The smallest absolute Gasteiger partial charge is 0.225 e. The summed E-state index contributed by atoms with van der Waals surface area (Å²) >= 11 is 0. The van der Waals surface area contributed by atoms with Crippen LogP contribution in [0.3, 0.4) is 0 Å². The SMILES string of the molecule is CN(C(=O)C1CC1)C1CCC(CC(=O)Nc2cc(-c3ccccc3)c(-c3ccc(C(C)(C)N)cc3)cn2)CC1. The first-order valence-corrected chi connectivity index (χ1v) is 14.2. The number of hydrogen-bond donors (Lipinski definition) is 2. The van der Waals surface area contributed by atoms with E-state index < -0.39 is 5.54 Å². The first-order valence-electron chi connectivity index (χ1n) is 14.2. The second-order valence-corrected chi connectivity index (χ2v) is 11.9. The molecule has 3 aromatic rings. The molecule has 2 aliphatic carbocycles. The van der Waals surface area contributed by atoms with Crippen LogP contribution in [0.2, 0.25) is 0 Å². The van der Waals surface area contributed by atoms with Gasteiger partial charge < -0.3 is 16.0 Å². The van der Waals surface area contributed by atoms with Gasteiger partial charge in [0.2, 0.25) is 11.8 Å². The number of carbonyl (C=O) groups excluding carboxylic acids is 2. The van der Waals surface area contributed by atoms with Crippen molar-refractivity contribution in [3.63, 3.8) is 0 Å². The lowest BCUT2D eigenvalue weighted by Crippen LogP contribution is -2.40. The Balaban J connectivity index is 1.26. The molecule has 2 aliphatic rings. The number of nitrogens with two attached hydrogens (primary N) is 1. The molecular formula is C33H40N4O2. The summed E-state index contributed by atoms with van der Waals surface area (Å²) in [6, 6.07) is 20.8. The van der Waals surface area contributed by atoms with Gasteiger partial charge in [-0.15, -0.1) is 0 Å². The van der Waals surface area contributed by atoms with Crippen LogP contribution in [0.1, 0.15) is 64.4 Å². The van der Waals surface area contributed by atoms with Crippen LogP contribution >= 0.6 is 0 Å². The van der Waals surface area contributed by atoms with Gasteiger partial charge in [0.15, 0.2) is 0 Å². The summed E-state index contributed by atoms with van der Waals surface area (Å²) in [6.07, 6.45) is 8.29. The molecule has 204 valence electrons. The average molecular weight is 525 g/mol. The van der Waals surface area contributed by atoms with Crippen LogP contribution < -0.4 is 11.1 Å². The van der Waals surface area contributed by atoms with Crippen molar-refractivity contribution in [2.24, 2.45) is 17.6 Å². The number of nitrogens with zero attached hydrogens (tertiary/aromatic N) is 2. The molecule has 0 spiro atoms. The molecule has 0 unspecified atom stereocenters. The summed E-state index contributed by atoms with van der Waals surface area (Å²) < 4.78 is 0. The Morgan fingerprint density at radius 1 is 0.923 bits per heavy atom. The number of rotatable bonds is 8. The maximum atomic E-state index is 13.0. The Morgan fingerprint density at radius 2 is 1.56 bits per heavy atom. The van der Waals surface area contributed by atoms with E-state index in [2.05, 4.69) is 46.7 Å². The molecule has 0 saturated heterocycles. The van der Waals surface area contributed by atoms with Crippen LogP contribution in [0.15, 0.2) is 66.9 Å². The highest BCUT2D eigenvalue weighted by molar-refractivity contribution is 5.92. The monoisotopic (exact) mass is 524 g/mol. The topological polar surface area (TPSA) is 88.3 Å². The van der Waals surface area contributed by atoms with Crippen molar-refractivity contribution < 1.29 is 9.59 Å². The maximum Gasteiger partial charge on any atom is 0.225 e. The third kappa shape index (κ3) is 6.56. The predicted molar refractivity (Wildman–Crippen MR) is 157 cm³/mol. The number of nitrogens with one attached hydrogen (secondary N) is 1. The van der Waals surface area contributed by atoms with Gasteiger partial charge in [0, 0.05) is 42.7 Å². The Kier molecular flexibility index (Phi) is 7.85. The highest BCUT2D eigenvalue weighted by Gasteiger charge is 2.36. The molecule has 2 aromatic carbocycles. The number of pyridine rings is 1. The van der Waals surface area contributed by atoms with E-state index in [9.17, 15) is 9.59 Å². The lowest BCUT2D eigenvalue weighted by atomic mass is 9.83. The van der Waals surface area contributed by atoms with Gasteiger partial charge in [-0.25, -0.2) is 4.98 Å². The second-order valence-electron chi connectivity index (χ2n) is 11.9. The Morgan fingerprint density at radius 3 is 2.18 bits per heavy atom. The summed E-state index contributed by atoms with van der Waals surface area (Å²) in [7, 11) is 1.95. The van der Waals surface area contributed by atoms with Gasteiger partial charge in [-0.05, 0) is 86.6 Å². The quantitative estimate of drug-likeness (QED) is 0.359. The Labute approximate surface area is 232 Å². The average Bonchev–Trinajstić information content (AvgIpc) is 3.78. The lowest BCUT2D eigenvalue weighted by molar-refractivity contribution is -0.134. The molecular weight excluding hydrogens is 484 g/mol. The molecule has 3 N–H and O–H groups in total. The highest BCUT2D eigenvalue weighted by atomic mass is 16.2. The Bertz CT molecular complexity index is 1300. The largest absolute Gasteiger partial charge is 0.343 e. The van der Waals surface area contributed by atoms with Gasteiger partial charge in [0.1, 0.15) is 5.82 Å². The lowest BCUT2D eigenvalue weighted by Gasteiger charge is -2.34. The molecule has 0 aliphatic heterocycles. The molecule has 6 nitrogen and oxygen atoms in total. The predicted octanol–water partition coefficient (Wildman–Crippen LogP) is 6.37. The summed E-state index contributed by atoms with van der Waals surface area (Å²) in [4.78, 5) is 32.0. The van der Waals surface area contributed by atoms with Gasteiger partial charge in [-0.1, -0.05) is 54.6 Å². The van der Waals surface area contributed by atoms with E-state index in [0.717, 1.165) is 66.3 Å². The van der Waals surface area contributed by atoms with Crippen molar-refractivity contribution in [2.45, 2.75) is 70.4 Å². The van der Waals surface area contributed by atoms with Gasteiger partial charge in [0.25, 0.3) is 0 Å².